The molecule has 0 spiro atoms. The van der Waals surface area contributed by atoms with E-state index in [4.69, 9.17) is 4.52 Å². The lowest BCUT2D eigenvalue weighted by molar-refractivity contribution is 0.390. The molecule has 1 N–H and O–H groups in total. The third kappa shape index (κ3) is 2.76. The Kier molecular flexibility index (Phi) is 3.71. The molecule has 1 heterocycles. The van der Waals surface area contributed by atoms with Crippen LogP contribution in [-0.2, 0) is 15.6 Å². The molecule has 108 valence electrons. The van der Waals surface area contributed by atoms with Crippen LogP contribution in [0.4, 0.5) is 0 Å². The number of nitrogens with one attached hydrogen (secondary N) is 1. The summed E-state index contributed by atoms with van der Waals surface area (Å²) in [6, 6.07) is 9.41. The molecule has 0 unspecified atom stereocenters. The van der Waals surface area contributed by atoms with Crippen molar-refractivity contribution < 1.29 is 12.9 Å². The number of benzene rings is 1. The molecule has 0 saturated heterocycles. The highest BCUT2D eigenvalue weighted by atomic mass is 32.2. The summed E-state index contributed by atoms with van der Waals surface area (Å²) in [5.74, 6) is 0.291. The zero-order valence-corrected chi connectivity index (χ0v) is 12.8. The molecule has 2 rings (SSSR count). The van der Waals surface area contributed by atoms with E-state index in [1.165, 1.54) is 0 Å². The first-order chi connectivity index (χ1) is 9.24. The molecule has 5 nitrogen and oxygen atoms in total. The molecule has 0 fully saturated rings. The van der Waals surface area contributed by atoms with Crippen molar-refractivity contribution in [3.05, 3.63) is 47.3 Å². The van der Waals surface area contributed by atoms with Crippen molar-refractivity contribution in [2.45, 2.75) is 38.1 Å². The number of nitrogens with zero attached hydrogens (tertiary/aromatic N) is 1. The highest BCUT2D eigenvalue weighted by Gasteiger charge is 2.31. The minimum atomic E-state index is -3.69. The number of aromatic nitrogens is 1. The normalized spacial score (nSPS) is 12.6. The van der Waals surface area contributed by atoms with Crippen LogP contribution in [0.25, 0.3) is 0 Å². The lowest BCUT2D eigenvalue weighted by atomic mass is 9.96. The summed E-state index contributed by atoms with van der Waals surface area (Å²) in [5.41, 5.74) is 0.519. The predicted octanol–water partition coefficient (Wildman–Crippen LogP) is 2.51. The number of aryl methyl sites for hydroxylation is 2. The average Bonchev–Trinajstić information content (AvgIpc) is 2.69. The molecule has 0 saturated carbocycles. The highest BCUT2D eigenvalue weighted by Crippen LogP contribution is 2.25. The van der Waals surface area contributed by atoms with Crippen molar-refractivity contribution in [2.75, 3.05) is 0 Å². The van der Waals surface area contributed by atoms with E-state index in [1.807, 2.05) is 44.2 Å². The zero-order valence-electron chi connectivity index (χ0n) is 12.0. The molecule has 0 aliphatic rings. The van der Waals surface area contributed by atoms with Gasteiger partial charge in [0.1, 0.15) is 10.6 Å². The van der Waals surface area contributed by atoms with Crippen LogP contribution in [0.1, 0.15) is 30.9 Å². The Morgan fingerprint density at radius 1 is 1.15 bits per heavy atom. The van der Waals surface area contributed by atoms with Crippen molar-refractivity contribution in [1.29, 1.82) is 0 Å². The predicted molar refractivity (Wildman–Crippen MR) is 75.8 cm³/mol. The first-order valence-electron chi connectivity index (χ1n) is 6.26. The van der Waals surface area contributed by atoms with Crippen molar-refractivity contribution in [3.63, 3.8) is 0 Å². The maximum absolute atomic E-state index is 12.5. The molecule has 1 aromatic heterocycles. The molecule has 0 aliphatic heterocycles. The van der Waals surface area contributed by atoms with Gasteiger partial charge in [-0.25, -0.2) is 13.1 Å². The Labute approximate surface area is 119 Å². The van der Waals surface area contributed by atoms with Gasteiger partial charge in [0.05, 0.1) is 5.54 Å². The molecular weight excluding hydrogens is 276 g/mol. The maximum Gasteiger partial charge on any atom is 0.246 e. The van der Waals surface area contributed by atoms with Gasteiger partial charge in [-0.05, 0) is 33.3 Å². The Morgan fingerprint density at radius 2 is 1.75 bits per heavy atom. The van der Waals surface area contributed by atoms with E-state index in [9.17, 15) is 8.42 Å². The van der Waals surface area contributed by atoms with E-state index < -0.39 is 15.6 Å². The highest BCUT2D eigenvalue weighted by molar-refractivity contribution is 7.89. The first-order valence-corrected chi connectivity index (χ1v) is 7.75. The Bertz CT molecular complexity index is 684. The van der Waals surface area contributed by atoms with Gasteiger partial charge in [-0.1, -0.05) is 35.5 Å². The van der Waals surface area contributed by atoms with Gasteiger partial charge in [0.2, 0.25) is 10.0 Å². The Morgan fingerprint density at radius 3 is 2.25 bits per heavy atom. The van der Waals surface area contributed by atoms with E-state index in [-0.39, 0.29) is 4.90 Å². The van der Waals surface area contributed by atoms with Gasteiger partial charge in [0.15, 0.2) is 5.76 Å². The third-order valence-corrected chi connectivity index (χ3v) is 5.02. The first kappa shape index (κ1) is 14.7. The number of sulfonamides is 1. The standard InChI is InChI=1S/C14H18N2O3S/c1-10-13(11(2)19-15-10)20(17,18)16-14(3,4)12-8-6-5-7-9-12/h5-9,16H,1-4H3. The summed E-state index contributed by atoms with van der Waals surface area (Å²) >= 11 is 0. The van der Waals surface area contributed by atoms with Crippen LogP contribution < -0.4 is 4.72 Å². The van der Waals surface area contributed by atoms with Crippen molar-refractivity contribution >= 4 is 10.0 Å². The summed E-state index contributed by atoms with van der Waals surface area (Å²) in [7, 11) is -3.69. The number of rotatable bonds is 4. The van der Waals surface area contributed by atoms with Crippen LogP contribution in [0.2, 0.25) is 0 Å². The van der Waals surface area contributed by atoms with Gasteiger partial charge < -0.3 is 4.52 Å². The number of hydrogen-bond acceptors (Lipinski definition) is 4. The molecule has 20 heavy (non-hydrogen) atoms. The second-order valence-corrected chi connectivity index (χ2v) is 6.87. The van der Waals surface area contributed by atoms with Crippen LogP contribution in [0.15, 0.2) is 39.8 Å². The topological polar surface area (TPSA) is 72.2 Å². The van der Waals surface area contributed by atoms with E-state index in [1.54, 1.807) is 13.8 Å². The molecule has 0 amide bonds. The Hall–Kier alpha value is -1.66. The fourth-order valence-corrected chi connectivity index (χ4v) is 3.89. The molecule has 0 radical (unpaired) electrons. The van der Waals surface area contributed by atoms with Crippen LogP contribution in [0.3, 0.4) is 0 Å². The third-order valence-electron chi connectivity index (χ3n) is 3.12. The zero-order chi connectivity index (χ0) is 15.0. The van der Waals surface area contributed by atoms with E-state index in [2.05, 4.69) is 9.88 Å². The van der Waals surface area contributed by atoms with Gasteiger partial charge in [-0.3, -0.25) is 0 Å². The van der Waals surface area contributed by atoms with E-state index in [0.29, 0.717) is 11.5 Å². The second-order valence-electron chi connectivity index (χ2n) is 5.25. The lowest BCUT2D eigenvalue weighted by Gasteiger charge is -2.26. The average molecular weight is 294 g/mol. The van der Waals surface area contributed by atoms with Gasteiger partial charge >= 0.3 is 0 Å². The second kappa shape index (κ2) is 5.03. The smallest absolute Gasteiger partial charge is 0.246 e. The maximum atomic E-state index is 12.5. The molecule has 1 aromatic carbocycles. The largest absolute Gasteiger partial charge is 0.360 e. The van der Waals surface area contributed by atoms with Crippen LogP contribution >= 0.6 is 0 Å². The molecule has 0 aliphatic carbocycles. The quantitative estimate of drug-likeness (QED) is 0.940. The monoisotopic (exact) mass is 294 g/mol. The SMILES string of the molecule is Cc1noc(C)c1S(=O)(=O)NC(C)(C)c1ccccc1. The van der Waals surface area contributed by atoms with Crippen molar-refractivity contribution in [1.82, 2.24) is 9.88 Å². The van der Waals surface area contributed by atoms with E-state index in [0.717, 1.165) is 5.56 Å². The van der Waals surface area contributed by atoms with Gasteiger partial charge in [0, 0.05) is 0 Å². The summed E-state index contributed by atoms with van der Waals surface area (Å²) in [4.78, 5) is 0.113. The summed E-state index contributed by atoms with van der Waals surface area (Å²) in [6.45, 7) is 6.83. The molecular formula is C14H18N2O3S. The summed E-state index contributed by atoms with van der Waals surface area (Å²) < 4.78 is 32.7. The van der Waals surface area contributed by atoms with Crippen molar-refractivity contribution in [2.24, 2.45) is 0 Å². The van der Waals surface area contributed by atoms with Gasteiger partial charge in [0.25, 0.3) is 0 Å². The van der Waals surface area contributed by atoms with Gasteiger partial charge in [-0.15, -0.1) is 0 Å². The molecule has 0 atom stereocenters. The van der Waals surface area contributed by atoms with Crippen LogP contribution in [0, 0.1) is 13.8 Å². The number of hydrogen-bond donors (Lipinski definition) is 1. The van der Waals surface area contributed by atoms with Crippen molar-refractivity contribution in [3.8, 4) is 0 Å². The fourth-order valence-electron chi connectivity index (χ4n) is 2.16. The van der Waals surface area contributed by atoms with Gasteiger partial charge in [-0.2, -0.15) is 0 Å². The summed E-state index contributed by atoms with van der Waals surface area (Å²) in [6.07, 6.45) is 0. The minimum Gasteiger partial charge on any atom is -0.360 e. The molecule has 2 aromatic rings. The molecule has 0 bridgehead atoms. The Balaban J connectivity index is 2.39. The molecule has 6 heteroatoms. The van der Waals surface area contributed by atoms with Crippen LogP contribution in [-0.4, -0.2) is 13.6 Å². The fraction of sp³-hybridized carbons (Fsp3) is 0.357. The minimum absolute atomic E-state index is 0.113. The lowest BCUT2D eigenvalue weighted by Crippen LogP contribution is -2.41. The van der Waals surface area contributed by atoms with Crippen LogP contribution in [0.5, 0.6) is 0 Å². The summed E-state index contributed by atoms with van der Waals surface area (Å²) in [5, 5.41) is 3.69. The van der Waals surface area contributed by atoms with E-state index >= 15 is 0 Å².